The number of nitrogens with one attached hydrogen (secondary N) is 1. The lowest BCUT2D eigenvalue weighted by Crippen LogP contribution is -2.28. The van der Waals surface area contributed by atoms with Crippen molar-refractivity contribution in [3.05, 3.63) is 80.6 Å². The van der Waals surface area contributed by atoms with Crippen LogP contribution in [0.5, 0.6) is 0 Å². The first-order chi connectivity index (χ1) is 15.0. The van der Waals surface area contributed by atoms with E-state index in [1.54, 1.807) is 37.4 Å². The second-order valence-electron chi connectivity index (χ2n) is 6.76. The number of aromatic nitrogens is 6. The van der Waals surface area contributed by atoms with Crippen LogP contribution in [0, 0.1) is 17.0 Å². The highest BCUT2D eigenvalue weighted by atomic mass is 16.6. The molecule has 0 aliphatic heterocycles. The Morgan fingerprint density at radius 2 is 2.06 bits per heavy atom. The number of hydrogen-bond acceptors (Lipinski definition) is 7. The average Bonchev–Trinajstić information content (AvgIpc) is 3.31. The lowest BCUT2D eigenvalue weighted by molar-refractivity contribution is -0.384. The van der Waals surface area contributed by atoms with Crippen molar-refractivity contribution in [3.63, 3.8) is 0 Å². The Bertz CT molecular complexity index is 1340. The highest BCUT2D eigenvalue weighted by Crippen LogP contribution is 2.18. The van der Waals surface area contributed by atoms with Gasteiger partial charge < -0.3 is 5.32 Å². The van der Waals surface area contributed by atoms with Gasteiger partial charge in [0.05, 0.1) is 16.3 Å². The standard InChI is InChI=1S/C19H18N8O4/c1-13-17(21-23-26(13)14-6-4-7-15(12-14)27(30)31)18(28)20-9-5-11-25-19(29)24-10-3-2-8-16(24)22-25/h2-4,6-8,10,12H,5,9,11H2,1H3,(H,20,28). The Kier molecular flexibility index (Phi) is 5.26. The molecular formula is C19H18N8O4. The molecule has 4 aromatic rings. The quantitative estimate of drug-likeness (QED) is 0.267. The summed E-state index contributed by atoms with van der Waals surface area (Å²) in [7, 11) is 0. The van der Waals surface area contributed by atoms with Gasteiger partial charge in [0.2, 0.25) is 0 Å². The van der Waals surface area contributed by atoms with Crippen LogP contribution in [0.25, 0.3) is 11.3 Å². The van der Waals surface area contributed by atoms with E-state index in [0.29, 0.717) is 36.5 Å². The van der Waals surface area contributed by atoms with E-state index in [2.05, 4.69) is 20.7 Å². The zero-order chi connectivity index (χ0) is 22.0. The first-order valence-electron chi connectivity index (χ1n) is 9.45. The lowest BCUT2D eigenvalue weighted by atomic mass is 10.2. The third kappa shape index (κ3) is 3.90. The molecule has 0 bridgehead atoms. The molecule has 0 saturated carbocycles. The predicted octanol–water partition coefficient (Wildman–Crippen LogP) is 1.11. The zero-order valence-corrected chi connectivity index (χ0v) is 16.5. The molecule has 12 nitrogen and oxygen atoms in total. The molecule has 0 radical (unpaired) electrons. The summed E-state index contributed by atoms with van der Waals surface area (Å²) >= 11 is 0. The van der Waals surface area contributed by atoms with Gasteiger partial charge in [-0.2, -0.15) is 0 Å². The Morgan fingerprint density at radius 3 is 2.84 bits per heavy atom. The fourth-order valence-corrected chi connectivity index (χ4v) is 3.15. The fourth-order valence-electron chi connectivity index (χ4n) is 3.15. The molecule has 4 rings (SSSR count). The van der Waals surface area contributed by atoms with Crippen molar-refractivity contribution < 1.29 is 9.72 Å². The van der Waals surface area contributed by atoms with Crippen LogP contribution in [0.2, 0.25) is 0 Å². The molecule has 1 N–H and O–H groups in total. The van der Waals surface area contributed by atoms with Gasteiger partial charge in [-0.05, 0) is 31.5 Å². The van der Waals surface area contributed by atoms with Crippen LogP contribution >= 0.6 is 0 Å². The van der Waals surface area contributed by atoms with Crippen molar-refractivity contribution in [1.82, 2.24) is 34.5 Å². The van der Waals surface area contributed by atoms with E-state index in [4.69, 9.17) is 0 Å². The van der Waals surface area contributed by atoms with Gasteiger partial charge in [0.1, 0.15) is 0 Å². The Labute approximate surface area is 174 Å². The van der Waals surface area contributed by atoms with Crippen LogP contribution in [-0.4, -0.2) is 46.6 Å². The number of amides is 1. The van der Waals surface area contributed by atoms with Crippen molar-refractivity contribution in [1.29, 1.82) is 0 Å². The maximum absolute atomic E-state index is 12.5. The Balaban J connectivity index is 1.39. The van der Waals surface area contributed by atoms with E-state index < -0.39 is 10.8 Å². The first kappa shape index (κ1) is 19.9. The molecule has 0 spiro atoms. The van der Waals surface area contributed by atoms with Crippen molar-refractivity contribution in [2.24, 2.45) is 0 Å². The number of non-ortho nitro benzene ring substituents is 1. The summed E-state index contributed by atoms with van der Waals surface area (Å²) in [6.45, 7) is 2.31. The number of nitrogens with zero attached hydrogens (tertiary/aromatic N) is 7. The number of nitro groups is 1. The van der Waals surface area contributed by atoms with E-state index in [1.807, 2.05) is 0 Å². The molecule has 3 aromatic heterocycles. The summed E-state index contributed by atoms with van der Waals surface area (Å²) in [4.78, 5) is 35.2. The second kappa shape index (κ2) is 8.18. The van der Waals surface area contributed by atoms with Crippen LogP contribution < -0.4 is 11.0 Å². The third-order valence-electron chi connectivity index (χ3n) is 4.72. The van der Waals surface area contributed by atoms with Gasteiger partial charge in [-0.15, -0.1) is 10.2 Å². The van der Waals surface area contributed by atoms with Crippen LogP contribution in [0.3, 0.4) is 0 Å². The van der Waals surface area contributed by atoms with Gasteiger partial charge in [0.25, 0.3) is 11.6 Å². The lowest BCUT2D eigenvalue weighted by Gasteiger charge is -2.05. The van der Waals surface area contributed by atoms with Gasteiger partial charge in [-0.3, -0.25) is 19.3 Å². The molecular weight excluding hydrogens is 404 g/mol. The molecule has 31 heavy (non-hydrogen) atoms. The number of rotatable bonds is 7. The van der Waals surface area contributed by atoms with Gasteiger partial charge in [0, 0.05) is 31.4 Å². The molecule has 3 heterocycles. The summed E-state index contributed by atoms with van der Waals surface area (Å²) in [5.74, 6) is -0.420. The minimum Gasteiger partial charge on any atom is -0.351 e. The van der Waals surface area contributed by atoms with Crippen molar-refractivity contribution in [2.75, 3.05) is 6.54 Å². The normalized spacial score (nSPS) is 11.0. The SMILES string of the molecule is Cc1c(C(=O)NCCCn2nc3ccccn3c2=O)nnn1-c1cccc([N+](=O)[O-])c1. The second-order valence-corrected chi connectivity index (χ2v) is 6.76. The third-order valence-corrected chi connectivity index (χ3v) is 4.72. The molecule has 0 unspecified atom stereocenters. The maximum atomic E-state index is 12.5. The maximum Gasteiger partial charge on any atom is 0.350 e. The van der Waals surface area contributed by atoms with E-state index in [-0.39, 0.29) is 17.1 Å². The molecule has 1 amide bonds. The molecule has 0 aliphatic rings. The van der Waals surface area contributed by atoms with E-state index in [0.717, 1.165) is 0 Å². The monoisotopic (exact) mass is 422 g/mol. The Morgan fingerprint density at radius 1 is 1.23 bits per heavy atom. The largest absolute Gasteiger partial charge is 0.351 e. The number of fused-ring (bicyclic) bond motifs is 1. The number of carbonyl (C=O) groups is 1. The van der Waals surface area contributed by atoms with Crippen LogP contribution in [0.4, 0.5) is 5.69 Å². The van der Waals surface area contributed by atoms with Gasteiger partial charge in [0.15, 0.2) is 11.3 Å². The van der Waals surface area contributed by atoms with Crippen LogP contribution in [0.1, 0.15) is 22.6 Å². The number of nitro benzene ring substituents is 1. The summed E-state index contributed by atoms with van der Waals surface area (Å²) < 4.78 is 4.18. The average molecular weight is 422 g/mol. The van der Waals surface area contributed by atoms with Gasteiger partial charge >= 0.3 is 5.69 Å². The number of benzene rings is 1. The summed E-state index contributed by atoms with van der Waals surface area (Å²) in [6, 6.07) is 11.2. The van der Waals surface area contributed by atoms with Crippen molar-refractivity contribution >= 4 is 17.2 Å². The number of hydrogen-bond donors (Lipinski definition) is 1. The minimum absolute atomic E-state index is 0.0828. The summed E-state index contributed by atoms with van der Waals surface area (Å²) in [5, 5.41) is 25.8. The highest BCUT2D eigenvalue weighted by Gasteiger charge is 2.18. The molecule has 1 aromatic carbocycles. The molecule has 0 aliphatic carbocycles. The summed E-state index contributed by atoms with van der Waals surface area (Å²) in [5.41, 5.74) is 1.25. The van der Waals surface area contributed by atoms with Gasteiger partial charge in [-0.25, -0.2) is 14.2 Å². The van der Waals surface area contributed by atoms with Gasteiger partial charge in [-0.1, -0.05) is 17.3 Å². The van der Waals surface area contributed by atoms with E-state index >= 15 is 0 Å². The highest BCUT2D eigenvalue weighted by molar-refractivity contribution is 5.93. The topological polar surface area (TPSA) is 142 Å². The van der Waals surface area contributed by atoms with E-state index in [1.165, 1.54) is 32.0 Å². The first-order valence-corrected chi connectivity index (χ1v) is 9.45. The number of carbonyl (C=O) groups excluding carboxylic acids is 1. The predicted molar refractivity (Wildman–Crippen MR) is 109 cm³/mol. The number of pyridine rings is 1. The zero-order valence-electron chi connectivity index (χ0n) is 16.5. The molecule has 158 valence electrons. The number of aryl methyl sites for hydroxylation is 1. The van der Waals surface area contributed by atoms with Crippen LogP contribution in [0.15, 0.2) is 53.5 Å². The molecule has 0 fully saturated rings. The molecule has 12 heteroatoms. The Hall–Kier alpha value is -4.35. The van der Waals surface area contributed by atoms with Crippen molar-refractivity contribution in [3.8, 4) is 5.69 Å². The summed E-state index contributed by atoms with van der Waals surface area (Å²) in [6.07, 6.45) is 2.14. The van der Waals surface area contributed by atoms with Crippen LogP contribution in [-0.2, 0) is 6.54 Å². The minimum atomic E-state index is -0.502. The fraction of sp³-hybridized carbons (Fsp3) is 0.211. The van der Waals surface area contributed by atoms with E-state index in [9.17, 15) is 19.7 Å². The smallest absolute Gasteiger partial charge is 0.350 e. The molecule has 0 atom stereocenters. The molecule has 0 saturated heterocycles. The van der Waals surface area contributed by atoms with Crippen molar-refractivity contribution in [2.45, 2.75) is 19.9 Å².